The van der Waals surface area contributed by atoms with Crippen LogP contribution in [0.1, 0.15) is 47.7 Å². The fraction of sp³-hybridized carbons (Fsp3) is 0.250. The second kappa shape index (κ2) is 9.91. The monoisotopic (exact) mass is 456 g/mol. The summed E-state index contributed by atoms with van der Waals surface area (Å²) in [7, 11) is 1.53. The lowest BCUT2D eigenvalue weighted by atomic mass is 10.0. The SMILES string of the molecule is COc1cccc(C(=O)N(Cc2ccccc2)C2CC(=O)N(c3ccc(C(C)C)cc3)C2=O)c1. The molecule has 0 aliphatic carbocycles. The summed E-state index contributed by atoms with van der Waals surface area (Å²) in [6.07, 6.45) is -0.0622. The second-order valence-electron chi connectivity index (χ2n) is 8.68. The predicted molar refractivity (Wildman–Crippen MR) is 131 cm³/mol. The molecule has 0 radical (unpaired) electrons. The Labute approximate surface area is 199 Å². The van der Waals surface area contributed by atoms with Crippen molar-refractivity contribution in [3.8, 4) is 5.75 Å². The van der Waals surface area contributed by atoms with Gasteiger partial charge in [0.05, 0.1) is 19.2 Å². The Morgan fingerprint density at radius 3 is 2.35 bits per heavy atom. The number of carbonyl (C=O) groups excluding carboxylic acids is 3. The van der Waals surface area contributed by atoms with Crippen LogP contribution in [0.15, 0.2) is 78.9 Å². The van der Waals surface area contributed by atoms with E-state index in [1.54, 1.807) is 36.4 Å². The fourth-order valence-electron chi connectivity index (χ4n) is 4.16. The van der Waals surface area contributed by atoms with E-state index in [9.17, 15) is 14.4 Å². The summed E-state index contributed by atoms with van der Waals surface area (Å²) in [6, 6.07) is 22.8. The highest BCUT2D eigenvalue weighted by atomic mass is 16.5. The van der Waals surface area contributed by atoms with E-state index in [-0.39, 0.29) is 24.8 Å². The highest BCUT2D eigenvalue weighted by Crippen LogP contribution is 2.29. The van der Waals surface area contributed by atoms with Gasteiger partial charge in [-0.25, -0.2) is 4.90 Å². The Morgan fingerprint density at radius 2 is 1.71 bits per heavy atom. The smallest absolute Gasteiger partial charge is 0.257 e. The molecule has 1 aliphatic rings. The van der Waals surface area contributed by atoms with E-state index in [0.29, 0.717) is 22.9 Å². The van der Waals surface area contributed by atoms with Crippen LogP contribution in [0.3, 0.4) is 0 Å². The molecule has 3 aromatic carbocycles. The lowest BCUT2D eigenvalue weighted by molar-refractivity contribution is -0.122. The number of anilines is 1. The van der Waals surface area contributed by atoms with Gasteiger partial charge in [0.2, 0.25) is 5.91 Å². The Hall–Kier alpha value is -3.93. The van der Waals surface area contributed by atoms with Crippen LogP contribution in [0, 0.1) is 0 Å². The molecule has 1 atom stereocenters. The number of hydrogen-bond donors (Lipinski definition) is 0. The van der Waals surface area contributed by atoms with Gasteiger partial charge in [-0.15, -0.1) is 0 Å². The van der Waals surface area contributed by atoms with Gasteiger partial charge in [-0.2, -0.15) is 0 Å². The first-order valence-electron chi connectivity index (χ1n) is 11.3. The normalized spacial score (nSPS) is 15.6. The number of carbonyl (C=O) groups is 3. The Bertz CT molecular complexity index is 1190. The zero-order valence-corrected chi connectivity index (χ0v) is 19.6. The maximum absolute atomic E-state index is 13.6. The first-order chi connectivity index (χ1) is 16.4. The van der Waals surface area contributed by atoms with Gasteiger partial charge in [0.1, 0.15) is 11.8 Å². The van der Waals surface area contributed by atoms with E-state index in [0.717, 1.165) is 11.1 Å². The van der Waals surface area contributed by atoms with E-state index >= 15 is 0 Å². The first kappa shape index (κ1) is 23.2. The second-order valence-corrected chi connectivity index (χ2v) is 8.68. The zero-order chi connectivity index (χ0) is 24.2. The fourth-order valence-corrected chi connectivity index (χ4v) is 4.16. The number of benzene rings is 3. The molecule has 0 aromatic heterocycles. The van der Waals surface area contributed by atoms with Crippen molar-refractivity contribution in [1.82, 2.24) is 4.90 Å². The first-order valence-corrected chi connectivity index (χ1v) is 11.3. The Morgan fingerprint density at radius 1 is 1.00 bits per heavy atom. The minimum atomic E-state index is -0.892. The van der Waals surface area contributed by atoms with Crippen LogP contribution in [-0.2, 0) is 16.1 Å². The van der Waals surface area contributed by atoms with E-state index in [4.69, 9.17) is 4.74 Å². The van der Waals surface area contributed by atoms with Crippen LogP contribution in [0.5, 0.6) is 5.75 Å². The molecule has 6 nitrogen and oxygen atoms in total. The van der Waals surface area contributed by atoms with Crippen molar-refractivity contribution in [2.75, 3.05) is 12.0 Å². The highest BCUT2D eigenvalue weighted by molar-refractivity contribution is 6.23. The Kier molecular flexibility index (Phi) is 6.77. The average molecular weight is 457 g/mol. The van der Waals surface area contributed by atoms with Gasteiger partial charge >= 0.3 is 0 Å². The number of ether oxygens (including phenoxy) is 1. The molecule has 4 rings (SSSR count). The molecule has 1 saturated heterocycles. The van der Waals surface area contributed by atoms with E-state index in [1.807, 2.05) is 42.5 Å². The van der Waals surface area contributed by atoms with Crippen LogP contribution >= 0.6 is 0 Å². The maximum atomic E-state index is 13.6. The van der Waals surface area contributed by atoms with E-state index in [2.05, 4.69) is 13.8 Å². The maximum Gasteiger partial charge on any atom is 0.257 e. The quantitative estimate of drug-likeness (QED) is 0.480. The van der Waals surface area contributed by atoms with Gasteiger partial charge in [0, 0.05) is 12.1 Å². The van der Waals surface area contributed by atoms with Crippen LogP contribution in [-0.4, -0.2) is 35.8 Å². The van der Waals surface area contributed by atoms with Gasteiger partial charge in [-0.05, 0) is 47.4 Å². The van der Waals surface area contributed by atoms with Crippen LogP contribution in [0.2, 0.25) is 0 Å². The number of nitrogens with zero attached hydrogens (tertiary/aromatic N) is 2. The molecule has 0 N–H and O–H groups in total. The number of hydrogen-bond acceptors (Lipinski definition) is 4. The number of amides is 3. The topological polar surface area (TPSA) is 66.9 Å². The van der Waals surface area contributed by atoms with Gasteiger partial charge in [0.25, 0.3) is 11.8 Å². The summed E-state index contributed by atoms with van der Waals surface area (Å²) in [5.41, 5.74) is 2.92. The lowest BCUT2D eigenvalue weighted by Gasteiger charge is -2.28. The molecule has 174 valence electrons. The summed E-state index contributed by atoms with van der Waals surface area (Å²) in [6.45, 7) is 4.38. The van der Waals surface area contributed by atoms with Crippen molar-refractivity contribution < 1.29 is 19.1 Å². The molecule has 1 fully saturated rings. The molecular formula is C28H28N2O4. The third-order valence-electron chi connectivity index (χ3n) is 6.09. The summed E-state index contributed by atoms with van der Waals surface area (Å²) >= 11 is 0. The molecule has 3 aromatic rings. The molecular weight excluding hydrogens is 428 g/mol. The minimum absolute atomic E-state index is 0.0622. The van der Waals surface area contributed by atoms with Gasteiger partial charge < -0.3 is 9.64 Å². The molecule has 1 aliphatic heterocycles. The van der Waals surface area contributed by atoms with Crippen molar-refractivity contribution in [2.24, 2.45) is 0 Å². The predicted octanol–water partition coefficient (Wildman–Crippen LogP) is 4.79. The van der Waals surface area contributed by atoms with E-state index < -0.39 is 11.9 Å². The lowest BCUT2D eigenvalue weighted by Crippen LogP contribution is -2.45. The van der Waals surface area contributed by atoms with Crippen molar-refractivity contribution in [3.63, 3.8) is 0 Å². The summed E-state index contributed by atoms with van der Waals surface area (Å²) in [5.74, 6) is -0.149. The highest BCUT2D eigenvalue weighted by Gasteiger charge is 2.44. The number of imide groups is 1. The molecule has 0 spiro atoms. The standard InChI is InChI=1S/C28H28N2O4/c1-19(2)21-12-14-23(15-13-21)30-26(31)17-25(28(30)33)29(18-20-8-5-4-6-9-20)27(32)22-10-7-11-24(16-22)34-3/h4-16,19,25H,17-18H2,1-3H3. The van der Waals surface area contributed by atoms with Crippen molar-refractivity contribution in [3.05, 3.63) is 95.6 Å². The summed E-state index contributed by atoms with van der Waals surface area (Å²) in [4.78, 5) is 42.8. The van der Waals surface area contributed by atoms with Crippen molar-refractivity contribution in [1.29, 1.82) is 0 Å². The third kappa shape index (κ3) is 4.71. The molecule has 34 heavy (non-hydrogen) atoms. The molecule has 1 unspecified atom stereocenters. The summed E-state index contributed by atoms with van der Waals surface area (Å²) in [5, 5.41) is 0. The molecule has 6 heteroatoms. The minimum Gasteiger partial charge on any atom is -0.497 e. The summed E-state index contributed by atoms with van der Waals surface area (Å²) < 4.78 is 5.27. The van der Waals surface area contributed by atoms with Gasteiger partial charge in [-0.1, -0.05) is 62.4 Å². The molecule has 1 heterocycles. The number of rotatable bonds is 7. The van der Waals surface area contributed by atoms with E-state index in [1.165, 1.54) is 16.9 Å². The largest absolute Gasteiger partial charge is 0.497 e. The van der Waals surface area contributed by atoms with Crippen LogP contribution in [0.25, 0.3) is 0 Å². The van der Waals surface area contributed by atoms with Gasteiger partial charge in [-0.3, -0.25) is 14.4 Å². The third-order valence-corrected chi connectivity index (χ3v) is 6.09. The van der Waals surface area contributed by atoms with Crippen molar-refractivity contribution in [2.45, 2.75) is 38.8 Å². The molecule has 0 bridgehead atoms. The average Bonchev–Trinajstić information content (AvgIpc) is 3.16. The zero-order valence-electron chi connectivity index (χ0n) is 19.6. The van der Waals surface area contributed by atoms with Gasteiger partial charge in [0.15, 0.2) is 0 Å². The van der Waals surface area contributed by atoms with Crippen LogP contribution < -0.4 is 9.64 Å². The molecule has 3 amide bonds. The Balaban J connectivity index is 1.67. The molecule has 0 saturated carbocycles. The number of methoxy groups -OCH3 is 1. The van der Waals surface area contributed by atoms with Crippen molar-refractivity contribution >= 4 is 23.4 Å². The van der Waals surface area contributed by atoms with Crippen LogP contribution in [0.4, 0.5) is 5.69 Å².